The van der Waals surface area contributed by atoms with Crippen LogP contribution in [0.5, 0.6) is 0 Å². The molecular formula is C19H29F2N3. The molecule has 5 heteroatoms. The van der Waals surface area contributed by atoms with Crippen LogP contribution in [0.1, 0.15) is 38.7 Å². The second kappa shape index (κ2) is 7.89. The zero-order chi connectivity index (χ0) is 17.1. The number of nitrogens with one attached hydrogen (secondary N) is 2. The van der Waals surface area contributed by atoms with Gasteiger partial charge in [-0.05, 0) is 55.7 Å². The number of hydrazine groups is 1. The smallest absolute Gasteiger partial charge is 0.130 e. The molecule has 0 aromatic heterocycles. The van der Waals surface area contributed by atoms with Crippen molar-refractivity contribution in [3.63, 3.8) is 0 Å². The molecule has 2 heterocycles. The minimum Gasteiger partial charge on any atom is -0.299 e. The summed E-state index contributed by atoms with van der Waals surface area (Å²) in [6.07, 6.45) is 3.49. The van der Waals surface area contributed by atoms with Gasteiger partial charge in [-0.3, -0.25) is 15.8 Å². The summed E-state index contributed by atoms with van der Waals surface area (Å²) < 4.78 is 27.8. The van der Waals surface area contributed by atoms with E-state index in [0.29, 0.717) is 30.3 Å². The van der Waals surface area contributed by atoms with Gasteiger partial charge >= 0.3 is 0 Å². The topological polar surface area (TPSA) is 27.3 Å². The summed E-state index contributed by atoms with van der Waals surface area (Å²) in [5.74, 6) is 0.991. The maximum atomic E-state index is 13.9. The summed E-state index contributed by atoms with van der Waals surface area (Å²) in [5, 5.41) is 0. The van der Waals surface area contributed by atoms with E-state index < -0.39 is 11.6 Å². The van der Waals surface area contributed by atoms with Crippen LogP contribution in [0.3, 0.4) is 0 Å². The summed E-state index contributed by atoms with van der Waals surface area (Å²) in [6.45, 7) is 7.74. The van der Waals surface area contributed by atoms with Gasteiger partial charge in [-0.15, -0.1) is 0 Å². The SMILES string of the molecule is CC(C)CC1CNNC1C1CCCN(Cc2c(F)cccc2F)C1. The summed E-state index contributed by atoms with van der Waals surface area (Å²) >= 11 is 0. The number of benzene rings is 1. The Morgan fingerprint density at radius 3 is 2.71 bits per heavy atom. The highest BCUT2D eigenvalue weighted by molar-refractivity contribution is 5.19. The Labute approximate surface area is 143 Å². The van der Waals surface area contributed by atoms with Crippen molar-refractivity contribution >= 4 is 0 Å². The zero-order valence-corrected chi connectivity index (χ0v) is 14.7. The Morgan fingerprint density at radius 2 is 2.00 bits per heavy atom. The van der Waals surface area contributed by atoms with Crippen LogP contribution in [0.15, 0.2) is 18.2 Å². The third-order valence-electron chi connectivity index (χ3n) is 5.41. The van der Waals surface area contributed by atoms with Crippen LogP contribution in [0.2, 0.25) is 0 Å². The van der Waals surface area contributed by atoms with Gasteiger partial charge in [0.15, 0.2) is 0 Å². The molecule has 2 fully saturated rings. The van der Waals surface area contributed by atoms with Crippen LogP contribution in [0.4, 0.5) is 8.78 Å². The molecule has 2 N–H and O–H groups in total. The van der Waals surface area contributed by atoms with Crippen molar-refractivity contribution in [2.24, 2.45) is 17.8 Å². The van der Waals surface area contributed by atoms with Gasteiger partial charge in [-0.1, -0.05) is 19.9 Å². The van der Waals surface area contributed by atoms with Crippen molar-refractivity contribution in [3.05, 3.63) is 35.4 Å². The lowest BCUT2D eigenvalue weighted by Gasteiger charge is -2.37. The first kappa shape index (κ1) is 17.8. The Morgan fingerprint density at radius 1 is 1.25 bits per heavy atom. The molecule has 3 atom stereocenters. The second-order valence-corrected chi connectivity index (χ2v) is 7.78. The molecule has 0 aliphatic carbocycles. The molecule has 3 rings (SSSR count). The van der Waals surface area contributed by atoms with E-state index in [9.17, 15) is 8.78 Å². The van der Waals surface area contributed by atoms with E-state index in [1.807, 2.05) is 0 Å². The second-order valence-electron chi connectivity index (χ2n) is 7.78. The molecule has 0 saturated carbocycles. The van der Waals surface area contributed by atoms with Gasteiger partial charge < -0.3 is 0 Å². The fourth-order valence-corrected chi connectivity index (χ4v) is 4.33. The average Bonchev–Trinajstić information content (AvgIpc) is 2.99. The molecule has 0 spiro atoms. The lowest BCUT2D eigenvalue weighted by atomic mass is 9.81. The number of nitrogens with zero attached hydrogens (tertiary/aromatic N) is 1. The van der Waals surface area contributed by atoms with E-state index in [2.05, 4.69) is 29.6 Å². The molecule has 0 amide bonds. The van der Waals surface area contributed by atoms with Crippen molar-refractivity contribution in [2.45, 2.75) is 45.7 Å². The summed E-state index contributed by atoms with van der Waals surface area (Å²) in [5.41, 5.74) is 6.99. The normalized spacial score (nSPS) is 28.6. The quantitative estimate of drug-likeness (QED) is 0.863. The maximum Gasteiger partial charge on any atom is 0.130 e. The highest BCUT2D eigenvalue weighted by Gasteiger charge is 2.36. The van der Waals surface area contributed by atoms with Gasteiger partial charge in [0.1, 0.15) is 11.6 Å². The van der Waals surface area contributed by atoms with E-state index in [1.165, 1.54) is 31.0 Å². The first-order valence-corrected chi connectivity index (χ1v) is 9.18. The zero-order valence-electron chi connectivity index (χ0n) is 14.7. The molecule has 3 unspecified atom stereocenters. The Bertz CT molecular complexity index is 529. The van der Waals surface area contributed by atoms with Crippen LogP contribution in [0.25, 0.3) is 0 Å². The Hall–Kier alpha value is -1.04. The summed E-state index contributed by atoms with van der Waals surface area (Å²) in [6, 6.07) is 4.58. The van der Waals surface area contributed by atoms with Crippen molar-refractivity contribution in [1.29, 1.82) is 0 Å². The average molecular weight is 337 g/mol. The molecule has 1 aromatic rings. The summed E-state index contributed by atoms with van der Waals surface area (Å²) in [7, 11) is 0. The van der Waals surface area contributed by atoms with Gasteiger partial charge in [-0.2, -0.15) is 0 Å². The van der Waals surface area contributed by atoms with E-state index in [1.54, 1.807) is 0 Å². The van der Waals surface area contributed by atoms with Crippen LogP contribution >= 0.6 is 0 Å². The van der Waals surface area contributed by atoms with E-state index >= 15 is 0 Å². The summed E-state index contributed by atoms with van der Waals surface area (Å²) in [4.78, 5) is 2.21. The van der Waals surface area contributed by atoms with Gasteiger partial charge in [0, 0.05) is 31.2 Å². The van der Waals surface area contributed by atoms with E-state index in [-0.39, 0.29) is 5.56 Å². The van der Waals surface area contributed by atoms with Crippen molar-refractivity contribution < 1.29 is 8.78 Å². The lowest BCUT2D eigenvalue weighted by molar-refractivity contribution is 0.126. The van der Waals surface area contributed by atoms with Crippen molar-refractivity contribution in [2.75, 3.05) is 19.6 Å². The third-order valence-corrected chi connectivity index (χ3v) is 5.41. The van der Waals surface area contributed by atoms with Crippen molar-refractivity contribution in [3.8, 4) is 0 Å². The molecule has 24 heavy (non-hydrogen) atoms. The molecule has 3 nitrogen and oxygen atoms in total. The molecule has 134 valence electrons. The monoisotopic (exact) mass is 337 g/mol. The van der Waals surface area contributed by atoms with Gasteiger partial charge in [0.25, 0.3) is 0 Å². The third kappa shape index (κ3) is 4.13. The molecule has 2 aliphatic rings. The molecule has 0 radical (unpaired) electrons. The number of hydrogen-bond donors (Lipinski definition) is 2. The Kier molecular flexibility index (Phi) is 5.85. The van der Waals surface area contributed by atoms with Crippen LogP contribution in [0, 0.1) is 29.4 Å². The molecule has 0 bridgehead atoms. The predicted octanol–water partition coefficient (Wildman–Crippen LogP) is 3.32. The largest absolute Gasteiger partial charge is 0.299 e. The highest BCUT2D eigenvalue weighted by atomic mass is 19.1. The fourth-order valence-electron chi connectivity index (χ4n) is 4.33. The van der Waals surface area contributed by atoms with Gasteiger partial charge in [-0.25, -0.2) is 8.78 Å². The first-order valence-electron chi connectivity index (χ1n) is 9.18. The maximum absolute atomic E-state index is 13.9. The standard InChI is InChI=1S/C19H29F2N3/c1-13(2)9-15-10-22-23-19(15)14-5-4-8-24(11-14)12-16-17(20)6-3-7-18(16)21/h3,6-7,13-15,19,22-23H,4-5,8-12H2,1-2H3. The minimum atomic E-state index is -0.435. The fraction of sp³-hybridized carbons (Fsp3) is 0.684. The van der Waals surface area contributed by atoms with E-state index in [4.69, 9.17) is 0 Å². The number of likely N-dealkylation sites (tertiary alicyclic amines) is 1. The Balaban J connectivity index is 1.64. The minimum absolute atomic E-state index is 0.203. The number of hydrogen-bond acceptors (Lipinski definition) is 3. The van der Waals surface area contributed by atoms with Crippen LogP contribution in [-0.2, 0) is 6.54 Å². The van der Waals surface area contributed by atoms with Crippen LogP contribution < -0.4 is 10.9 Å². The lowest BCUT2D eigenvalue weighted by Crippen LogP contribution is -2.47. The molecule has 2 aliphatic heterocycles. The van der Waals surface area contributed by atoms with Crippen LogP contribution in [-0.4, -0.2) is 30.6 Å². The number of piperidine rings is 1. The highest BCUT2D eigenvalue weighted by Crippen LogP contribution is 2.30. The van der Waals surface area contributed by atoms with Gasteiger partial charge in [0.05, 0.1) is 0 Å². The first-order chi connectivity index (χ1) is 11.5. The number of rotatable bonds is 5. The molecule has 2 saturated heterocycles. The number of halogens is 2. The van der Waals surface area contributed by atoms with Crippen molar-refractivity contribution in [1.82, 2.24) is 15.8 Å². The molecular weight excluding hydrogens is 308 g/mol. The predicted molar refractivity (Wildman–Crippen MR) is 92.2 cm³/mol. The van der Waals surface area contributed by atoms with E-state index in [0.717, 1.165) is 26.1 Å². The van der Waals surface area contributed by atoms with Gasteiger partial charge in [0.2, 0.25) is 0 Å². The molecule has 1 aromatic carbocycles.